The molecule has 4 heteroatoms. The maximum Gasteiger partial charge on any atom is 0.0625 e. The Kier molecular flexibility index (Phi) is 4.10. The molecule has 0 aliphatic rings. The van der Waals surface area contributed by atoms with Gasteiger partial charge < -0.3 is 11.1 Å². The van der Waals surface area contributed by atoms with Gasteiger partial charge in [0.1, 0.15) is 0 Å². The number of hydrogen-bond donors (Lipinski definition) is 2. The first kappa shape index (κ1) is 11.2. The number of nitrogens with one attached hydrogen (secondary N) is 1. The van der Waals surface area contributed by atoms with Gasteiger partial charge in [-0.25, -0.2) is 0 Å². The molecule has 0 aliphatic heterocycles. The van der Waals surface area contributed by atoms with Crippen molar-refractivity contribution >= 4 is 0 Å². The van der Waals surface area contributed by atoms with E-state index in [2.05, 4.69) is 30.3 Å². The smallest absolute Gasteiger partial charge is 0.0625 e. The fourth-order valence-corrected chi connectivity index (χ4v) is 1.27. The SMILES string of the molecule is CCc1cc(CN[C@H](C)CN)n(C)n1. The highest BCUT2D eigenvalue weighted by Crippen LogP contribution is 2.03. The van der Waals surface area contributed by atoms with Gasteiger partial charge in [0.2, 0.25) is 0 Å². The number of rotatable bonds is 5. The number of hydrogen-bond acceptors (Lipinski definition) is 3. The molecule has 0 spiro atoms. The van der Waals surface area contributed by atoms with E-state index >= 15 is 0 Å². The van der Waals surface area contributed by atoms with Crippen LogP contribution in [0.15, 0.2) is 6.07 Å². The van der Waals surface area contributed by atoms with Gasteiger partial charge in [0.15, 0.2) is 0 Å². The van der Waals surface area contributed by atoms with E-state index in [1.54, 1.807) is 0 Å². The van der Waals surface area contributed by atoms with Crippen molar-refractivity contribution in [1.82, 2.24) is 15.1 Å². The minimum Gasteiger partial charge on any atom is -0.329 e. The molecule has 0 aromatic carbocycles. The summed E-state index contributed by atoms with van der Waals surface area (Å²) in [4.78, 5) is 0. The predicted molar refractivity (Wildman–Crippen MR) is 57.9 cm³/mol. The van der Waals surface area contributed by atoms with E-state index in [4.69, 9.17) is 5.73 Å². The first-order valence-electron chi connectivity index (χ1n) is 5.12. The van der Waals surface area contributed by atoms with E-state index < -0.39 is 0 Å². The van der Waals surface area contributed by atoms with Crippen molar-refractivity contribution in [2.24, 2.45) is 12.8 Å². The summed E-state index contributed by atoms with van der Waals surface area (Å²) in [6.07, 6.45) is 0.986. The molecule has 1 rings (SSSR count). The second-order valence-corrected chi connectivity index (χ2v) is 3.62. The van der Waals surface area contributed by atoms with Gasteiger partial charge in [0, 0.05) is 26.2 Å². The van der Waals surface area contributed by atoms with E-state index in [1.165, 1.54) is 5.69 Å². The van der Waals surface area contributed by atoms with Crippen LogP contribution in [0.4, 0.5) is 0 Å². The fourth-order valence-electron chi connectivity index (χ4n) is 1.27. The molecule has 0 radical (unpaired) electrons. The molecule has 1 heterocycles. The molecule has 80 valence electrons. The lowest BCUT2D eigenvalue weighted by Crippen LogP contribution is -2.33. The Hall–Kier alpha value is -0.870. The first-order chi connectivity index (χ1) is 6.67. The van der Waals surface area contributed by atoms with Crippen LogP contribution in [-0.2, 0) is 20.0 Å². The van der Waals surface area contributed by atoms with Crippen LogP contribution in [-0.4, -0.2) is 22.4 Å². The van der Waals surface area contributed by atoms with Crippen molar-refractivity contribution in [2.45, 2.75) is 32.9 Å². The molecule has 0 amide bonds. The highest BCUT2D eigenvalue weighted by atomic mass is 15.3. The summed E-state index contributed by atoms with van der Waals surface area (Å²) < 4.78 is 1.93. The fraction of sp³-hybridized carbons (Fsp3) is 0.700. The molecule has 0 unspecified atom stereocenters. The van der Waals surface area contributed by atoms with Gasteiger partial charge >= 0.3 is 0 Å². The molecule has 1 aromatic rings. The Bertz CT molecular complexity index is 280. The quantitative estimate of drug-likeness (QED) is 0.717. The van der Waals surface area contributed by atoms with Gasteiger partial charge in [0.25, 0.3) is 0 Å². The molecule has 3 N–H and O–H groups in total. The molecule has 1 aromatic heterocycles. The third-order valence-electron chi connectivity index (χ3n) is 2.37. The van der Waals surface area contributed by atoms with E-state index in [-0.39, 0.29) is 0 Å². The monoisotopic (exact) mass is 196 g/mol. The molecule has 4 nitrogen and oxygen atoms in total. The topological polar surface area (TPSA) is 55.9 Å². The molecule has 0 aliphatic carbocycles. The maximum absolute atomic E-state index is 5.52. The van der Waals surface area contributed by atoms with Gasteiger partial charge in [-0.15, -0.1) is 0 Å². The molecular formula is C10H20N4. The molecule has 0 saturated carbocycles. The molecule has 0 saturated heterocycles. The summed E-state index contributed by atoms with van der Waals surface area (Å²) in [6, 6.07) is 2.49. The Morgan fingerprint density at radius 2 is 2.36 bits per heavy atom. The van der Waals surface area contributed by atoms with Crippen molar-refractivity contribution in [3.8, 4) is 0 Å². The zero-order valence-corrected chi connectivity index (χ0v) is 9.25. The van der Waals surface area contributed by atoms with Crippen molar-refractivity contribution < 1.29 is 0 Å². The molecule has 1 atom stereocenters. The highest BCUT2D eigenvalue weighted by Gasteiger charge is 2.04. The summed E-state index contributed by atoms with van der Waals surface area (Å²) in [6.45, 7) is 5.69. The van der Waals surface area contributed by atoms with Crippen LogP contribution in [0.3, 0.4) is 0 Å². The van der Waals surface area contributed by atoms with E-state index in [1.807, 2.05) is 11.7 Å². The van der Waals surface area contributed by atoms with Crippen molar-refractivity contribution in [1.29, 1.82) is 0 Å². The summed E-state index contributed by atoms with van der Waals surface area (Å²) in [5.41, 5.74) is 7.87. The van der Waals surface area contributed by atoms with Crippen LogP contribution in [0.25, 0.3) is 0 Å². The van der Waals surface area contributed by atoms with Gasteiger partial charge in [0.05, 0.1) is 11.4 Å². The lowest BCUT2D eigenvalue weighted by Gasteiger charge is -2.10. The number of nitrogens with zero attached hydrogens (tertiary/aromatic N) is 2. The molecule has 0 bridgehead atoms. The summed E-state index contributed by atoms with van der Waals surface area (Å²) in [5.74, 6) is 0. The van der Waals surface area contributed by atoms with Crippen LogP contribution in [0.5, 0.6) is 0 Å². The van der Waals surface area contributed by atoms with Gasteiger partial charge in [-0.2, -0.15) is 5.10 Å². The Morgan fingerprint density at radius 1 is 1.64 bits per heavy atom. The minimum atomic E-state index is 0.356. The van der Waals surface area contributed by atoms with Crippen molar-refractivity contribution in [3.63, 3.8) is 0 Å². The van der Waals surface area contributed by atoms with Crippen LogP contribution >= 0.6 is 0 Å². The average Bonchev–Trinajstić information content (AvgIpc) is 2.55. The first-order valence-corrected chi connectivity index (χ1v) is 5.12. The van der Waals surface area contributed by atoms with Gasteiger partial charge in [-0.3, -0.25) is 4.68 Å². The van der Waals surface area contributed by atoms with Gasteiger partial charge in [-0.1, -0.05) is 6.92 Å². The van der Waals surface area contributed by atoms with Crippen LogP contribution in [0.2, 0.25) is 0 Å². The Balaban J connectivity index is 2.53. The average molecular weight is 196 g/mol. The third kappa shape index (κ3) is 2.82. The van der Waals surface area contributed by atoms with Crippen LogP contribution < -0.4 is 11.1 Å². The second-order valence-electron chi connectivity index (χ2n) is 3.62. The van der Waals surface area contributed by atoms with E-state index in [9.17, 15) is 0 Å². The standard InChI is InChI=1S/C10H20N4/c1-4-9-5-10(14(3)13-9)7-12-8(2)6-11/h5,8,12H,4,6-7,11H2,1-3H3/t8-/m1/s1. The molecular weight excluding hydrogens is 176 g/mol. The number of aromatic nitrogens is 2. The maximum atomic E-state index is 5.52. The van der Waals surface area contributed by atoms with Gasteiger partial charge in [-0.05, 0) is 19.4 Å². The second kappa shape index (κ2) is 5.12. The van der Waals surface area contributed by atoms with Crippen molar-refractivity contribution in [2.75, 3.05) is 6.54 Å². The van der Waals surface area contributed by atoms with Crippen LogP contribution in [0, 0.1) is 0 Å². The lowest BCUT2D eigenvalue weighted by molar-refractivity contribution is 0.534. The Morgan fingerprint density at radius 3 is 2.86 bits per heavy atom. The normalized spacial score (nSPS) is 13.1. The van der Waals surface area contributed by atoms with E-state index in [0.717, 1.165) is 18.7 Å². The number of aryl methyl sites for hydroxylation is 2. The summed E-state index contributed by atoms with van der Waals surface area (Å²) in [7, 11) is 1.98. The Labute approximate surface area is 85.5 Å². The predicted octanol–water partition coefficient (Wildman–Crippen LogP) is 0.419. The minimum absolute atomic E-state index is 0.356. The largest absolute Gasteiger partial charge is 0.329 e. The summed E-state index contributed by atoms with van der Waals surface area (Å²) in [5, 5.41) is 7.72. The zero-order chi connectivity index (χ0) is 10.6. The summed E-state index contributed by atoms with van der Waals surface area (Å²) >= 11 is 0. The number of nitrogens with two attached hydrogens (primary N) is 1. The zero-order valence-electron chi connectivity index (χ0n) is 9.25. The third-order valence-corrected chi connectivity index (χ3v) is 2.37. The van der Waals surface area contributed by atoms with Crippen LogP contribution in [0.1, 0.15) is 25.2 Å². The lowest BCUT2D eigenvalue weighted by atomic mass is 10.3. The molecule has 0 fully saturated rings. The highest BCUT2D eigenvalue weighted by molar-refractivity contribution is 5.09. The van der Waals surface area contributed by atoms with E-state index in [0.29, 0.717) is 12.6 Å². The molecule has 14 heavy (non-hydrogen) atoms. The van der Waals surface area contributed by atoms with Crippen molar-refractivity contribution in [3.05, 3.63) is 17.5 Å².